The quantitative estimate of drug-likeness (QED) is 0.833. The molecule has 8 nitrogen and oxygen atoms in total. The van der Waals surface area contributed by atoms with Gasteiger partial charge in [0.15, 0.2) is 12.4 Å². The van der Waals surface area contributed by atoms with E-state index in [1.165, 1.54) is 14.0 Å². The third-order valence-electron chi connectivity index (χ3n) is 4.34. The fraction of sp³-hybridized carbons (Fsp3) is 0.529. The smallest absolute Gasteiger partial charge is 0.417 e. The maximum Gasteiger partial charge on any atom is 0.417 e. The second-order valence-electron chi connectivity index (χ2n) is 6.00. The number of aliphatic hydroxyl groups is 1. The average Bonchev–Trinajstić information content (AvgIpc) is 2.95. The van der Waals surface area contributed by atoms with Crippen molar-refractivity contribution in [3.8, 4) is 0 Å². The Kier molecular flexibility index (Phi) is 5.33. The molecule has 2 heterocycles. The molecule has 5 atom stereocenters. The van der Waals surface area contributed by atoms with E-state index in [2.05, 4.69) is 0 Å². The van der Waals surface area contributed by atoms with Crippen LogP contribution in [0.3, 0.4) is 0 Å². The lowest BCUT2D eigenvalue weighted by Crippen LogP contribution is -2.61. The van der Waals surface area contributed by atoms with Crippen LogP contribution in [-0.4, -0.2) is 66.4 Å². The Labute approximate surface area is 145 Å². The molecule has 1 aromatic rings. The number of aliphatic hydroxyl groups excluding tert-OH is 1. The third kappa shape index (κ3) is 3.52. The van der Waals surface area contributed by atoms with E-state index in [1.54, 1.807) is 0 Å². The molecule has 2 aliphatic rings. The maximum atomic E-state index is 11.9. The molecule has 0 bridgehead atoms. The number of hydrogen-bond acceptors (Lipinski definition) is 7. The van der Waals surface area contributed by atoms with E-state index < -0.39 is 42.6 Å². The molecular formula is C17H21NO7. The highest BCUT2D eigenvalue weighted by Gasteiger charge is 2.57. The summed E-state index contributed by atoms with van der Waals surface area (Å²) in [5.41, 5.74) is 0.990. The van der Waals surface area contributed by atoms with Crippen LogP contribution in [0.15, 0.2) is 30.3 Å². The lowest BCUT2D eigenvalue weighted by atomic mass is 9.97. The monoisotopic (exact) mass is 351 g/mol. The zero-order chi connectivity index (χ0) is 18.0. The standard InChI is InChI=1S/C17H21NO7/c1-10(19)18-13-15(25-17(18)21)14(20)12(24-16(13)22-2)9-23-8-11-6-4-3-5-7-11/h3-7,12-16,20H,8-9H2,1-2H3/t12-,13-,14-,15-,16+/m1/s1. The molecule has 2 saturated heterocycles. The number of rotatable bonds is 5. The van der Waals surface area contributed by atoms with Crippen LogP contribution >= 0.6 is 0 Å². The molecule has 136 valence electrons. The van der Waals surface area contributed by atoms with Crippen molar-refractivity contribution in [1.82, 2.24) is 4.90 Å². The second-order valence-corrected chi connectivity index (χ2v) is 6.00. The van der Waals surface area contributed by atoms with E-state index in [9.17, 15) is 14.7 Å². The number of benzene rings is 1. The average molecular weight is 351 g/mol. The number of fused-ring (bicyclic) bond motifs is 1. The zero-order valence-electron chi connectivity index (χ0n) is 14.0. The van der Waals surface area contributed by atoms with Crippen LogP contribution < -0.4 is 0 Å². The molecule has 2 fully saturated rings. The molecule has 0 spiro atoms. The molecule has 8 heteroatoms. The Balaban J connectivity index is 1.66. The lowest BCUT2D eigenvalue weighted by Gasteiger charge is -2.40. The van der Waals surface area contributed by atoms with Crippen LogP contribution in [0.25, 0.3) is 0 Å². The van der Waals surface area contributed by atoms with Crippen molar-refractivity contribution in [2.75, 3.05) is 13.7 Å². The molecular weight excluding hydrogens is 330 g/mol. The summed E-state index contributed by atoms with van der Waals surface area (Å²) in [5.74, 6) is -0.492. The first-order valence-corrected chi connectivity index (χ1v) is 8.01. The lowest BCUT2D eigenvalue weighted by molar-refractivity contribution is -0.261. The van der Waals surface area contributed by atoms with Gasteiger partial charge < -0.3 is 24.1 Å². The van der Waals surface area contributed by atoms with E-state index in [-0.39, 0.29) is 6.61 Å². The van der Waals surface area contributed by atoms with Crippen LogP contribution in [0.1, 0.15) is 12.5 Å². The zero-order valence-corrected chi connectivity index (χ0v) is 14.0. The van der Waals surface area contributed by atoms with Crippen LogP contribution in [0.2, 0.25) is 0 Å². The van der Waals surface area contributed by atoms with Crippen molar-refractivity contribution in [3.63, 3.8) is 0 Å². The van der Waals surface area contributed by atoms with Gasteiger partial charge in [-0.1, -0.05) is 30.3 Å². The summed E-state index contributed by atoms with van der Waals surface area (Å²) in [4.78, 5) is 24.5. The number of ether oxygens (including phenoxy) is 4. The highest BCUT2D eigenvalue weighted by atomic mass is 16.7. The minimum Gasteiger partial charge on any atom is -0.440 e. The predicted octanol–water partition coefficient (Wildman–Crippen LogP) is 0.671. The summed E-state index contributed by atoms with van der Waals surface area (Å²) in [7, 11) is 1.41. The Morgan fingerprint density at radius 3 is 2.68 bits per heavy atom. The number of hydrogen-bond donors (Lipinski definition) is 1. The predicted molar refractivity (Wildman–Crippen MR) is 84.4 cm³/mol. The van der Waals surface area contributed by atoms with E-state index in [4.69, 9.17) is 18.9 Å². The van der Waals surface area contributed by atoms with Gasteiger partial charge in [-0.2, -0.15) is 0 Å². The molecule has 0 unspecified atom stereocenters. The Bertz CT molecular complexity index is 623. The molecule has 0 aliphatic carbocycles. The number of carbonyl (C=O) groups excluding carboxylic acids is 2. The van der Waals surface area contributed by atoms with Gasteiger partial charge in [-0.25, -0.2) is 9.69 Å². The van der Waals surface area contributed by atoms with E-state index >= 15 is 0 Å². The van der Waals surface area contributed by atoms with Crippen LogP contribution in [0.5, 0.6) is 0 Å². The normalized spacial score (nSPS) is 31.6. The summed E-state index contributed by atoms with van der Waals surface area (Å²) < 4.78 is 21.8. The minimum absolute atomic E-state index is 0.0940. The maximum absolute atomic E-state index is 11.9. The molecule has 1 N–H and O–H groups in total. The van der Waals surface area contributed by atoms with Gasteiger partial charge in [0.2, 0.25) is 5.91 Å². The summed E-state index contributed by atoms with van der Waals surface area (Å²) in [6.45, 7) is 1.70. The first-order chi connectivity index (χ1) is 12.0. The molecule has 1 aromatic carbocycles. The van der Waals surface area contributed by atoms with Gasteiger partial charge in [0, 0.05) is 14.0 Å². The van der Waals surface area contributed by atoms with Crippen molar-refractivity contribution in [2.45, 2.75) is 44.2 Å². The third-order valence-corrected chi connectivity index (χ3v) is 4.34. The van der Waals surface area contributed by atoms with Gasteiger partial charge in [0.1, 0.15) is 18.2 Å². The van der Waals surface area contributed by atoms with Crippen molar-refractivity contribution in [3.05, 3.63) is 35.9 Å². The first kappa shape index (κ1) is 17.8. The summed E-state index contributed by atoms with van der Waals surface area (Å²) >= 11 is 0. The summed E-state index contributed by atoms with van der Waals surface area (Å²) in [6.07, 6.45) is -4.48. The fourth-order valence-corrected chi connectivity index (χ4v) is 3.14. The molecule has 2 amide bonds. The van der Waals surface area contributed by atoms with Gasteiger partial charge in [-0.15, -0.1) is 0 Å². The number of methoxy groups -OCH3 is 1. The number of imide groups is 1. The fourth-order valence-electron chi connectivity index (χ4n) is 3.14. The first-order valence-electron chi connectivity index (χ1n) is 8.01. The summed E-state index contributed by atoms with van der Waals surface area (Å²) in [6, 6.07) is 8.76. The number of carbonyl (C=O) groups is 2. The highest BCUT2D eigenvalue weighted by molar-refractivity contribution is 5.92. The molecule has 0 radical (unpaired) electrons. The van der Waals surface area contributed by atoms with Crippen LogP contribution in [0, 0.1) is 0 Å². The summed E-state index contributed by atoms with van der Waals surface area (Å²) in [5, 5.41) is 10.5. The molecule has 25 heavy (non-hydrogen) atoms. The minimum atomic E-state index is -1.12. The van der Waals surface area contributed by atoms with E-state index in [0.29, 0.717) is 6.61 Å². The SMILES string of the molecule is CO[C@H]1O[C@H](COCc2ccccc2)[C@@H](O)[C@@H]2OC(=O)N(C(C)=O)[C@@H]12. The number of nitrogens with zero attached hydrogens (tertiary/aromatic N) is 1. The molecule has 2 aliphatic heterocycles. The second kappa shape index (κ2) is 7.49. The van der Waals surface area contributed by atoms with Crippen molar-refractivity contribution < 1.29 is 33.6 Å². The van der Waals surface area contributed by atoms with Gasteiger partial charge in [-0.05, 0) is 5.56 Å². The van der Waals surface area contributed by atoms with Crippen LogP contribution in [0.4, 0.5) is 4.79 Å². The van der Waals surface area contributed by atoms with E-state index in [1.807, 2.05) is 30.3 Å². The molecule has 0 saturated carbocycles. The van der Waals surface area contributed by atoms with E-state index in [0.717, 1.165) is 10.5 Å². The van der Waals surface area contributed by atoms with Crippen molar-refractivity contribution in [1.29, 1.82) is 0 Å². The Morgan fingerprint density at radius 2 is 2.04 bits per heavy atom. The Morgan fingerprint density at radius 1 is 1.32 bits per heavy atom. The van der Waals surface area contributed by atoms with Gasteiger partial charge in [0.05, 0.1) is 13.2 Å². The van der Waals surface area contributed by atoms with Gasteiger partial charge >= 0.3 is 6.09 Å². The molecule has 3 rings (SSSR count). The van der Waals surface area contributed by atoms with Crippen molar-refractivity contribution in [2.24, 2.45) is 0 Å². The number of amides is 2. The largest absolute Gasteiger partial charge is 0.440 e. The van der Waals surface area contributed by atoms with Gasteiger partial charge in [-0.3, -0.25) is 4.79 Å². The highest BCUT2D eigenvalue weighted by Crippen LogP contribution is 2.33. The van der Waals surface area contributed by atoms with Crippen LogP contribution in [-0.2, 0) is 30.3 Å². The molecule has 0 aromatic heterocycles. The Hall–Kier alpha value is -2.00. The van der Waals surface area contributed by atoms with Crippen molar-refractivity contribution >= 4 is 12.0 Å². The topological polar surface area (TPSA) is 94.5 Å². The van der Waals surface area contributed by atoms with Gasteiger partial charge in [0.25, 0.3) is 0 Å².